The summed E-state index contributed by atoms with van der Waals surface area (Å²) in [5, 5.41) is 0. The molecule has 1 heteroatoms. The van der Waals surface area contributed by atoms with E-state index >= 15 is 0 Å². The van der Waals surface area contributed by atoms with Crippen LogP contribution in [-0.2, 0) is 0 Å². The second-order valence-corrected chi connectivity index (χ2v) is 4.44. The molecule has 0 saturated heterocycles. The quantitative estimate of drug-likeness (QED) is 0.430. The molecule has 0 amide bonds. The predicted molar refractivity (Wildman–Crippen MR) is 77.2 cm³/mol. The highest BCUT2D eigenvalue weighted by molar-refractivity contribution is 7.80. The van der Waals surface area contributed by atoms with Crippen LogP contribution in [-0.4, -0.2) is 4.86 Å². The van der Waals surface area contributed by atoms with Crippen molar-refractivity contribution in [3.05, 3.63) is 59.7 Å². The molecule has 0 aliphatic heterocycles. The third kappa shape index (κ3) is 2.43. The van der Waals surface area contributed by atoms with E-state index in [0.717, 1.165) is 27.1 Å². The molecule has 0 unspecified atom stereocenters. The molecule has 0 N–H and O–H groups in total. The van der Waals surface area contributed by atoms with Crippen molar-refractivity contribution in [1.29, 1.82) is 0 Å². The standard InChI is InChI=1S/C16H12S/c1-3-13-11-15(12(2)17)9-10-16(13)14-7-5-4-6-8-14/h1,4-11H,2H3. The number of hydrogen-bond acceptors (Lipinski definition) is 1. The van der Waals surface area contributed by atoms with E-state index in [9.17, 15) is 0 Å². The van der Waals surface area contributed by atoms with Gasteiger partial charge in [-0.15, -0.1) is 6.42 Å². The maximum Gasteiger partial charge on any atom is 0.0327 e. The summed E-state index contributed by atoms with van der Waals surface area (Å²) in [6.45, 7) is 1.91. The van der Waals surface area contributed by atoms with Crippen LogP contribution in [0.5, 0.6) is 0 Å². The van der Waals surface area contributed by atoms with Crippen molar-refractivity contribution in [2.45, 2.75) is 6.92 Å². The first-order valence-electron chi connectivity index (χ1n) is 5.39. The number of thiocarbonyl (C=S) groups is 1. The minimum atomic E-state index is 0.862. The maximum absolute atomic E-state index is 5.56. The van der Waals surface area contributed by atoms with Crippen molar-refractivity contribution in [3.8, 4) is 23.5 Å². The Labute approximate surface area is 107 Å². The summed E-state index contributed by atoms with van der Waals surface area (Å²) in [4.78, 5) is 0.862. The monoisotopic (exact) mass is 236 g/mol. The van der Waals surface area contributed by atoms with Gasteiger partial charge in [0.1, 0.15) is 0 Å². The average Bonchev–Trinajstić information content (AvgIpc) is 2.39. The van der Waals surface area contributed by atoms with Gasteiger partial charge in [-0.3, -0.25) is 0 Å². The molecule has 0 nitrogen and oxygen atoms in total. The summed E-state index contributed by atoms with van der Waals surface area (Å²) in [5.74, 6) is 2.73. The van der Waals surface area contributed by atoms with Crippen molar-refractivity contribution in [3.63, 3.8) is 0 Å². The highest BCUT2D eigenvalue weighted by atomic mass is 32.1. The van der Waals surface area contributed by atoms with E-state index in [4.69, 9.17) is 18.6 Å². The number of rotatable bonds is 2. The second kappa shape index (κ2) is 4.95. The first kappa shape index (κ1) is 11.6. The normalized spacial score (nSPS) is 9.65. The molecular formula is C16H12S. The first-order valence-corrected chi connectivity index (χ1v) is 5.80. The largest absolute Gasteiger partial charge is 0.115 e. The Balaban J connectivity index is 2.57. The summed E-state index contributed by atoms with van der Waals surface area (Å²) in [7, 11) is 0. The smallest absolute Gasteiger partial charge is 0.0327 e. The van der Waals surface area contributed by atoms with Crippen LogP contribution in [0, 0.1) is 12.3 Å². The third-order valence-corrected chi connectivity index (χ3v) is 2.90. The van der Waals surface area contributed by atoms with Gasteiger partial charge in [-0.25, -0.2) is 0 Å². The molecule has 2 aromatic carbocycles. The van der Waals surface area contributed by atoms with Crippen LogP contribution in [0.3, 0.4) is 0 Å². The van der Waals surface area contributed by atoms with Crippen molar-refractivity contribution in [2.24, 2.45) is 0 Å². The molecule has 0 fully saturated rings. The van der Waals surface area contributed by atoms with Crippen LogP contribution >= 0.6 is 12.2 Å². The van der Waals surface area contributed by atoms with Crippen LogP contribution in [0.4, 0.5) is 0 Å². The zero-order valence-corrected chi connectivity index (χ0v) is 10.4. The van der Waals surface area contributed by atoms with Gasteiger partial charge in [0.05, 0.1) is 0 Å². The summed E-state index contributed by atoms with van der Waals surface area (Å²) >= 11 is 5.16. The molecule has 0 aromatic heterocycles. The zero-order valence-electron chi connectivity index (χ0n) is 9.60. The highest BCUT2D eigenvalue weighted by Gasteiger charge is 2.05. The van der Waals surface area contributed by atoms with E-state index in [1.807, 2.05) is 43.3 Å². The van der Waals surface area contributed by atoms with Crippen LogP contribution in [0.25, 0.3) is 11.1 Å². The van der Waals surface area contributed by atoms with E-state index < -0.39 is 0 Å². The number of benzene rings is 2. The highest BCUT2D eigenvalue weighted by Crippen LogP contribution is 2.24. The predicted octanol–water partition coefficient (Wildman–Crippen LogP) is 4.07. The van der Waals surface area contributed by atoms with Crippen molar-refractivity contribution >= 4 is 17.1 Å². The molecule has 82 valence electrons. The van der Waals surface area contributed by atoms with Crippen molar-refractivity contribution in [1.82, 2.24) is 0 Å². The summed E-state index contributed by atoms with van der Waals surface area (Å²) < 4.78 is 0. The Hall–Kier alpha value is -1.91. The summed E-state index contributed by atoms with van der Waals surface area (Å²) in [5.41, 5.74) is 4.12. The van der Waals surface area contributed by atoms with Crippen molar-refractivity contribution in [2.75, 3.05) is 0 Å². The van der Waals surface area contributed by atoms with Gasteiger partial charge in [0.25, 0.3) is 0 Å². The van der Waals surface area contributed by atoms with Crippen LogP contribution in [0.15, 0.2) is 48.5 Å². The molecule has 0 aliphatic carbocycles. The fourth-order valence-corrected chi connectivity index (χ4v) is 1.88. The fourth-order valence-electron chi connectivity index (χ4n) is 1.75. The van der Waals surface area contributed by atoms with Gasteiger partial charge in [0, 0.05) is 10.4 Å². The minimum absolute atomic E-state index is 0.862. The van der Waals surface area contributed by atoms with Gasteiger partial charge in [-0.1, -0.05) is 60.6 Å². The average molecular weight is 236 g/mol. The molecule has 0 radical (unpaired) electrons. The Morgan fingerprint density at radius 2 is 1.82 bits per heavy atom. The molecule has 0 aliphatic rings. The van der Waals surface area contributed by atoms with E-state index in [1.54, 1.807) is 0 Å². The van der Waals surface area contributed by atoms with Crippen LogP contribution < -0.4 is 0 Å². The number of hydrogen-bond donors (Lipinski definition) is 0. The molecule has 0 atom stereocenters. The summed E-state index contributed by atoms with van der Waals surface area (Å²) in [6, 6.07) is 16.2. The van der Waals surface area contributed by atoms with E-state index in [2.05, 4.69) is 18.1 Å². The summed E-state index contributed by atoms with van der Waals surface area (Å²) in [6.07, 6.45) is 5.56. The van der Waals surface area contributed by atoms with Gasteiger partial charge in [-0.05, 0) is 29.7 Å². The molecular weight excluding hydrogens is 224 g/mol. The lowest BCUT2D eigenvalue weighted by Crippen LogP contribution is -1.93. The lowest BCUT2D eigenvalue weighted by molar-refractivity contribution is 1.56. The van der Waals surface area contributed by atoms with Gasteiger partial charge >= 0.3 is 0 Å². The fraction of sp³-hybridized carbons (Fsp3) is 0.0625. The van der Waals surface area contributed by atoms with Crippen molar-refractivity contribution < 1.29 is 0 Å². The zero-order chi connectivity index (χ0) is 12.3. The molecule has 0 bridgehead atoms. The SMILES string of the molecule is C#Cc1cc(C(C)=S)ccc1-c1ccccc1. The molecule has 0 spiro atoms. The first-order chi connectivity index (χ1) is 8.22. The Morgan fingerprint density at radius 3 is 2.41 bits per heavy atom. The minimum Gasteiger partial charge on any atom is -0.115 e. The van der Waals surface area contributed by atoms with E-state index in [0.29, 0.717) is 0 Å². The molecule has 0 heterocycles. The molecule has 0 saturated carbocycles. The van der Waals surface area contributed by atoms with Gasteiger partial charge < -0.3 is 0 Å². The lowest BCUT2D eigenvalue weighted by atomic mass is 9.97. The van der Waals surface area contributed by atoms with Gasteiger partial charge in [-0.2, -0.15) is 0 Å². The van der Waals surface area contributed by atoms with E-state index in [-0.39, 0.29) is 0 Å². The molecule has 2 rings (SSSR count). The van der Waals surface area contributed by atoms with Crippen LogP contribution in [0.2, 0.25) is 0 Å². The Morgan fingerprint density at radius 1 is 1.12 bits per heavy atom. The number of terminal acetylenes is 1. The Kier molecular flexibility index (Phi) is 3.37. The van der Waals surface area contributed by atoms with E-state index in [1.165, 1.54) is 0 Å². The van der Waals surface area contributed by atoms with Gasteiger partial charge in [0.2, 0.25) is 0 Å². The molecule has 2 aromatic rings. The Bertz CT molecular complexity index is 589. The lowest BCUT2D eigenvalue weighted by Gasteiger charge is -2.07. The molecule has 17 heavy (non-hydrogen) atoms. The van der Waals surface area contributed by atoms with Gasteiger partial charge in [0.15, 0.2) is 0 Å². The van der Waals surface area contributed by atoms with Crippen LogP contribution in [0.1, 0.15) is 18.1 Å². The maximum atomic E-state index is 5.56. The topological polar surface area (TPSA) is 0 Å². The third-order valence-electron chi connectivity index (χ3n) is 2.67. The second-order valence-electron chi connectivity index (χ2n) is 3.83.